The van der Waals surface area contributed by atoms with Crippen molar-refractivity contribution in [2.75, 3.05) is 0 Å². The molecule has 0 aromatic heterocycles. The second-order valence-corrected chi connectivity index (χ2v) is 7.12. The molecule has 0 saturated carbocycles. The minimum Gasteiger partial charge on any atom is -0.0680 e. The van der Waals surface area contributed by atoms with Gasteiger partial charge < -0.3 is 0 Å². The Morgan fingerprint density at radius 3 is 2.50 bits per heavy atom. The average molecular weight is 200 g/mol. The molecule has 1 heteroatoms. The first kappa shape index (κ1) is 9.47. The van der Waals surface area contributed by atoms with Crippen molar-refractivity contribution in [3.05, 3.63) is 42.5 Å². The number of rotatable bonds is 2. The number of benzene rings is 2. The van der Waals surface area contributed by atoms with Crippen molar-refractivity contribution in [2.45, 2.75) is 19.5 Å². The molecule has 0 radical (unpaired) electrons. The Morgan fingerprint density at radius 2 is 1.71 bits per heavy atom. The topological polar surface area (TPSA) is 0 Å². The minimum absolute atomic E-state index is 0.690. The van der Waals surface area contributed by atoms with E-state index in [1.165, 1.54) is 16.8 Å². The summed E-state index contributed by atoms with van der Waals surface area (Å²) in [6.07, 6.45) is 0. The molecule has 72 valence electrons. The molecule has 0 bridgehead atoms. The van der Waals surface area contributed by atoms with Gasteiger partial charge >= 0.3 is 0 Å². The quantitative estimate of drug-likeness (QED) is 0.654. The van der Waals surface area contributed by atoms with Crippen LogP contribution in [0.4, 0.5) is 0 Å². The van der Waals surface area contributed by atoms with Crippen molar-refractivity contribution in [1.82, 2.24) is 0 Å². The van der Waals surface area contributed by atoms with Crippen LogP contribution in [0.25, 0.3) is 10.8 Å². The predicted octanol–water partition coefficient (Wildman–Crippen LogP) is 2.92. The van der Waals surface area contributed by atoms with Crippen LogP contribution in [0.2, 0.25) is 12.6 Å². The standard InChI is InChI=1S/C13H16Si/c1-3-14(2)13-10-6-8-11-7-4-5-9-12(11)13/h4-10,14H,3H2,1-2H3. The van der Waals surface area contributed by atoms with Gasteiger partial charge in [0.05, 0.1) is 8.80 Å². The van der Waals surface area contributed by atoms with E-state index in [4.69, 9.17) is 0 Å². The molecule has 0 nitrogen and oxygen atoms in total. The third-order valence-electron chi connectivity index (χ3n) is 2.97. The summed E-state index contributed by atoms with van der Waals surface area (Å²) in [7, 11) is -0.690. The Kier molecular flexibility index (Phi) is 2.68. The van der Waals surface area contributed by atoms with Gasteiger partial charge in [0.25, 0.3) is 0 Å². The van der Waals surface area contributed by atoms with Crippen molar-refractivity contribution < 1.29 is 0 Å². The molecule has 0 aliphatic heterocycles. The van der Waals surface area contributed by atoms with E-state index in [0.717, 1.165) is 0 Å². The van der Waals surface area contributed by atoms with Crippen LogP contribution in [0.1, 0.15) is 6.92 Å². The highest BCUT2D eigenvalue weighted by molar-refractivity contribution is 6.74. The Bertz CT molecular complexity index is 429. The Hall–Kier alpha value is -1.08. The van der Waals surface area contributed by atoms with Gasteiger partial charge in [0.2, 0.25) is 0 Å². The minimum atomic E-state index is -0.690. The molecule has 0 saturated heterocycles. The number of fused-ring (bicyclic) bond motifs is 1. The van der Waals surface area contributed by atoms with Crippen molar-refractivity contribution in [3.63, 3.8) is 0 Å². The molecule has 0 aliphatic carbocycles. The highest BCUT2D eigenvalue weighted by atomic mass is 28.3. The maximum absolute atomic E-state index is 2.43. The number of hydrogen-bond acceptors (Lipinski definition) is 0. The van der Waals surface area contributed by atoms with Crippen LogP contribution in [0.3, 0.4) is 0 Å². The van der Waals surface area contributed by atoms with Crippen molar-refractivity contribution in [2.24, 2.45) is 0 Å². The first-order valence-electron chi connectivity index (χ1n) is 5.30. The summed E-state index contributed by atoms with van der Waals surface area (Å²) < 4.78 is 0. The molecule has 0 heterocycles. The van der Waals surface area contributed by atoms with Crippen molar-refractivity contribution >= 4 is 24.8 Å². The smallest absolute Gasteiger partial charge is 0.0680 e. The maximum Gasteiger partial charge on any atom is 0.0683 e. The summed E-state index contributed by atoms with van der Waals surface area (Å²) in [4.78, 5) is 0. The van der Waals surface area contributed by atoms with E-state index in [9.17, 15) is 0 Å². The molecule has 0 amide bonds. The monoisotopic (exact) mass is 200 g/mol. The molecule has 2 aromatic rings. The summed E-state index contributed by atoms with van der Waals surface area (Å²) in [5.74, 6) is 0. The fourth-order valence-corrected chi connectivity index (χ4v) is 3.57. The molecule has 0 N–H and O–H groups in total. The highest BCUT2D eigenvalue weighted by Crippen LogP contribution is 2.12. The van der Waals surface area contributed by atoms with Crippen molar-refractivity contribution in [3.8, 4) is 0 Å². The SMILES string of the molecule is CC[SiH](C)c1cccc2ccccc12. The second kappa shape index (κ2) is 3.97. The fraction of sp³-hybridized carbons (Fsp3) is 0.231. The second-order valence-electron chi connectivity index (χ2n) is 3.88. The largest absolute Gasteiger partial charge is 0.0683 e. The van der Waals surface area contributed by atoms with Crippen LogP contribution >= 0.6 is 0 Å². The normalized spacial score (nSPS) is 13.0. The zero-order valence-electron chi connectivity index (χ0n) is 8.83. The zero-order chi connectivity index (χ0) is 9.97. The highest BCUT2D eigenvalue weighted by Gasteiger charge is 2.07. The maximum atomic E-state index is 2.43. The molecule has 14 heavy (non-hydrogen) atoms. The molecule has 0 aliphatic rings. The summed E-state index contributed by atoms with van der Waals surface area (Å²) in [6.45, 7) is 4.74. The van der Waals surface area contributed by atoms with Crippen LogP contribution in [-0.4, -0.2) is 8.80 Å². The van der Waals surface area contributed by atoms with Crippen LogP contribution in [-0.2, 0) is 0 Å². The van der Waals surface area contributed by atoms with Gasteiger partial charge in [-0.05, 0) is 10.8 Å². The van der Waals surface area contributed by atoms with E-state index in [1.54, 1.807) is 5.19 Å². The van der Waals surface area contributed by atoms with E-state index >= 15 is 0 Å². The third-order valence-corrected chi connectivity index (χ3v) is 5.76. The van der Waals surface area contributed by atoms with Crippen LogP contribution in [0.5, 0.6) is 0 Å². The lowest BCUT2D eigenvalue weighted by Crippen LogP contribution is -2.25. The van der Waals surface area contributed by atoms with Crippen LogP contribution in [0, 0.1) is 0 Å². The summed E-state index contributed by atoms with van der Waals surface area (Å²) in [5.41, 5.74) is 0. The van der Waals surface area contributed by atoms with Crippen LogP contribution < -0.4 is 5.19 Å². The van der Waals surface area contributed by atoms with Gasteiger partial charge in [0.1, 0.15) is 0 Å². The van der Waals surface area contributed by atoms with Gasteiger partial charge in [0, 0.05) is 0 Å². The lowest BCUT2D eigenvalue weighted by atomic mass is 10.1. The van der Waals surface area contributed by atoms with E-state index in [2.05, 4.69) is 55.9 Å². The van der Waals surface area contributed by atoms with E-state index < -0.39 is 8.80 Å². The molecule has 1 atom stereocenters. The Labute approximate surface area is 87.2 Å². The lowest BCUT2D eigenvalue weighted by molar-refractivity contribution is 1.43. The van der Waals surface area contributed by atoms with Crippen LogP contribution in [0.15, 0.2) is 42.5 Å². The lowest BCUT2D eigenvalue weighted by Gasteiger charge is -2.10. The van der Waals surface area contributed by atoms with Gasteiger partial charge in [-0.15, -0.1) is 0 Å². The number of hydrogen-bond donors (Lipinski definition) is 0. The van der Waals surface area contributed by atoms with E-state index in [1.807, 2.05) is 0 Å². The molecular formula is C13H16Si. The summed E-state index contributed by atoms with van der Waals surface area (Å²) >= 11 is 0. The Balaban J connectivity index is 2.65. The molecule has 2 aromatic carbocycles. The van der Waals surface area contributed by atoms with E-state index in [-0.39, 0.29) is 0 Å². The average Bonchev–Trinajstić information content (AvgIpc) is 2.27. The Morgan fingerprint density at radius 1 is 1.00 bits per heavy atom. The van der Waals surface area contributed by atoms with Gasteiger partial charge in [-0.25, -0.2) is 0 Å². The van der Waals surface area contributed by atoms with Gasteiger partial charge in [-0.3, -0.25) is 0 Å². The zero-order valence-corrected chi connectivity index (χ0v) is 9.98. The first-order valence-corrected chi connectivity index (χ1v) is 7.85. The predicted molar refractivity (Wildman–Crippen MR) is 67.1 cm³/mol. The van der Waals surface area contributed by atoms with E-state index in [0.29, 0.717) is 0 Å². The molecule has 0 spiro atoms. The molecular weight excluding hydrogens is 184 g/mol. The third kappa shape index (κ3) is 1.60. The summed E-state index contributed by atoms with van der Waals surface area (Å²) in [5, 5.41) is 4.47. The van der Waals surface area contributed by atoms with Gasteiger partial charge in [-0.1, -0.05) is 67.2 Å². The fourth-order valence-electron chi connectivity index (χ4n) is 1.90. The molecule has 0 fully saturated rings. The first-order chi connectivity index (χ1) is 6.83. The molecule has 1 unspecified atom stereocenters. The van der Waals surface area contributed by atoms with Gasteiger partial charge in [-0.2, -0.15) is 0 Å². The van der Waals surface area contributed by atoms with Crippen molar-refractivity contribution in [1.29, 1.82) is 0 Å². The summed E-state index contributed by atoms with van der Waals surface area (Å²) in [6, 6.07) is 16.8. The molecule has 2 rings (SSSR count). The van der Waals surface area contributed by atoms with Gasteiger partial charge in [0.15, 0.2) is 0 Å².